The summed E-state index contributed by atoms with van der Waals surface area (Å²) in [6.45, 7) is 0.364. The van der Waals surface area contributed by atoms with Crippen LogP contribution in [0.25, 0.3) is 0 Å². The molecule has 0 aliphatic carbocycles. The van der Waals surface area contributed by atoms with Gasteiger partial charge >= 0.3 is 6.03 Å². The van der Waals surface area contributed by atoms with Crippen molar-refractivity contribution in [3.63, 3.8) is 0 Å². The quantitative estimate of drug-likeness (QED) is 0.728. The number of benzene rings is 2. The standard InChI is InChI=1S/C19H16FN3O2/c20-15-3-5-16(6-4-15)23-19(24)22-13-14-1-7-17(8-2-14)25-18-9-11-21-12-10-18/h1-12H,13H2,(H2,22,23,24). The highest BCUT2D eigenvalue weighted by Gasteiger charge is 2.03. The molecule has 6 heteroatoms. The van der Waals surface area contributed by atoms with Crippen LogP contribution < -0.4 is 15.4 Å². The van der Waals surface area contributed by atoms with E-state index in [-0.39, 0.29) is 11.8 Å². The van der Waals surface area contributed by atoms with Gasteiger partial charge < -0.3 is 15.4 Å². The molecule has 5 nitrogen and oxygen atoms in total. The maximum absolute atomic E-state index is 12.8. The highest BCUT2D eigenvalue weighted by atomic mass is 19.1. The average molecular weight is 337 g/mol. The zero-order valence-electron chi connectivity index (χ0n) is 13.3. The fraction of sp³-hybridized carbons (Fsp3) is 0.0526. The number of anilines is 1. The molecule has 0 saturated heterocycles. The van der Waals surface area contributed by atoms with E-state index in [1.807, 2.05) is 24.3 Å². The second-order valence-corrected chi connectivity index (χ2v) is 5.24. The van der Waals surface area contributed by atoms with Gasteiger partial charge in [-0.2, -0.15) is 0 Å². The van der Waals surface area contributed by atoms with Crippen LogP contribution in [0.15, 0.2) is 73.1 Å². The lowest BCUT2D eigenvalue weighted by Gasteiger charge is -2.09. The van der Waals surface area contributed by atoms with Gasteiger partial charge in [0, 0.05) is 24.6 Å². The highest BCUT2D eigenvalue weighted by Crippen LogP contribution is 2.20. The average Bonchev–Trinajstić information content (AvgIpc) is 2.64. The molecule has 2 amide bonds. The summed E-state index contributed by atoms with van der Waals surface area (Å²) in [6, 6.07) is 16.2. The van der Waals surface area contributed by atoms with Gasteiger partial charge in [0.05, 0.1) is 0 Å². The number of carbonyl (C=O) groups excluding carboxylic acids is 1. The molecule has 0 spiro atoms. The molecule has 0 aliphatic heterocycles. The first-order valence-corrected chi connectivity index (χ1v) is 7.66. The third kappa shape index (κ3) is 5.04. The Bertz CT molecular complexity index is 822. The Morgan fingerprint density at radius 1 is 0.920 bits per heavy atom. The summed E-state index contributed by atoms with van der Waals surface area (Å²) in [5.41, 5.74) is 1.45. The van der Waals surface area contributed by atoms with E-state index in [4.69, 9.17) is 4.74 Å². The van der Waals surface area contributed by atoms with Crippen molar-refractivity contribution in [2.24, 2.45) is 0 Å². The second-order valence-electron chi connectivity index (χ2n) is 5.24. The van der Waals surface area contributed by atoms with E-state index in [2.05, 4.69) is 15.6 Å². The van der Waals surface area contributed by atoms with Gasteiger partial charge in [0.25, 0.3) is 0 Å². The smallest absolute Gasteiger partial charge is 0.319 e. The third-order valence-electron chi connectivity index (χ3n) is 3.36. The molecular formula is C19H16FN3O2. The van der Waals surface area contributed by atoms with Gasteiger partial charge in [0.1, 0.15) is 17.3 Å². The van der Waals surface area contributed by atoms with E-state index < -0.39 is 0 Å². The zero-order valence-corrected chi connectivity index (χ0v) is 13.3. The second kappa shape index (κ2) is 7.92. The number of hydrogen-bond acceptors (Lipinski definition) is 3. The number of carbonyl (C=O) groups is 1. The molecule has 1 aromatic heterocycles. The highest BCUT2D eigenvalue weighted by molar-refractivity contribution is 5.89. The van der Waals surface area contributed by atoms with Crippen LogP contribution in [0, 0.1) is 5.82 Å². The first-order valence-electron chi connectivity index (χ1n) is 7.66. The van der Waals surface area contributed by atoms with Crippen LogP contribution in [0.3, 0.4) is 0 Å². The van der Waals surface area contributed by atoms with Crippen LogP contribution in [-0.4, -0.2) is 11.0 Å². The van der Waals surface area contributed by atoms with Crippen molar-refractivity contribution < 1.29 is 13.9 Å². The van der Waals surface area contributed by atoms with Crippen molar-refractivity contribution in [3.8, 4) is 11.5 Å². The number of ether oxygens (including phenoxy) is 1. The van der Waals surface area contributed by atoms with Gasteiger partial charge in [-0.15, -0.1) is 0 Å². The molecular weight excluding hydrogens is 321 g/mol. The van der Waals surface area contributed by atoms with Crippen molar-refractivity contribution in [2.75, 3.05) is 5.32 Å². The maximum atomic E-state index is 12.8. The Labute approximate surface area is 144 Å². The first-order chi connectivity index (χ1) is 12.2. The van der Waals surface area contributed by atoms with E-state index in [9.17, 15) is 9.18 Å². The van der Waals surface area contributed by atoms with E-state index >= 15 is 0 Å². The molecule has 1 heterocycles. The summed E-state index contributed by atoms with van der Waals surface area (Å²) in [6.07, 6.45) is 3.32. The van der Waals surface area contributed by atoms with Crippen molar-refractivity contribution in [3.05, 3.63) is 84.4 Å². The van der Waals surface area contributed by atoms with Gasteiger partial charge in [0.2, 0.25) is 0 Å². The predicted octanol–water partition coefficient (Wildman–Crippen LogP) is 4.33. The molecule has 0 radical (unpaired) electrons. The largest absolute Gasteiger partial charge is 0.457 e. The van der Waals surface area contributed by atoms with Gasteiger partial charge in [-0.3, -0.25) is 4.98 Å². The number of hydrogen-bond donors (Lipinski definition) is 2. The fourth-order valence-electron chi connectivity index (χ4n) is 2.11. The summed E-state index contributed by atoms with van der Waals surface area (Å²) >= 11 is 0. The third-order valence-corrected chi connectivity index (χ3v) is 3.36. The minimum Gasteiger partial charge on any atom is -0.457 e. The van der Waals surface area contributed by atoms with Gasteiger partial charge in [-0.1, -0.05) is 12.1 Å². The van der Waals surface area contributed by atoms with Crippen LogP contribution in [0.5, 0.6) is 11.5 Å². The molecule has 0 saturated carbocycles. The van der Waals surface area contributed by atoms with Crippen molar-refractivity contribution in [1.29, 1.82) is 0 Å². The molecule has 0 fully saturated rings. The minimum atomic E-state index is -0.358. The van der Waals surface area contributed by atoms with Gasteiger partial charge in [-0.05, 0) is 54.1 Å². The van der Waals surface area contributed by atoms with Crippen LogP contribution in [0.1, 0.15) is 5.56 Å². The topological polar surface area (TPSA) is 63.2 Å². The number of amides is 2. The maximum Gasteiger partial charge on any atom is 0.319 e. The van der Waals surface area contributed by atoms with Gasteiger partial charge in [0.15, 0.2) is 0 Å². The fourth-order valence-corrected chi connectivity index (χ4v) is 2.11. The van der Waals surface area contributed by atoms with Gasteiger partial charge in [-0.25, -0.2) is 9.18 Å². The monoisotopic (exact) mass is 337 g/mol. The summed E-state index contributed by atoms with van der Waals surface area (Å²) in [5, 5.41) is 5.37. The number of rotatable bonds is 5. The minimum absolute atomic E-state index is 0.347. The number of nitrogens with zero attached hydrogens (tertiary/aromatic N) is 1. The Kier molecular flexibility index (Phi) is 5.21. The Hall–Kier alpha value is -3.41. The normalized spacial score (nSPS) is 10.1. The van der Waals surface area contributed by atoms with E-state index in [1.54, 1.807) is 24.5 Å². The van der Waals surface area contributed by atoms with Crippen LogP contribution >= 0.6 is 0 Å². The number of aromatic nitrogens is 1. The van der Waals surface area contributed by atoms with Crippen LogP contribution in [-0.2, 0) is 6.54 Å². The molecule has 0 bridgehead atoms. The number of halogens is 1. The summed E-state index contributed by atoms with van der Waals surface area (Å²) in [7, 11) is 0. The molecule has 0 aliphatic rings. The Morgan fingerprint density at radius 3 is 2.24 bits per heavy atom. The summed E-state index contributed by atoms with van der Waals surface area (Å²) < 4.78 is 18.5. The zero-order chi connectivity index (χ0) is 17.5. The van der Waals surface area contributed by atoms with Crippen molar-refractivity contribution in [1.82, 2.24) is 10.3 Å². The predicted molar refractivity (Wildman–Crippen MR) is 93.0 cm³/mol. The van der Waals surface area contributed by atoms with E-state index in [0.717, 1.165) is 5.56 Å². The molecule has 2 aromatic carbocycles. The molecule has 3 aromatic rings. The Morgan fingerprint density at radius 2 is 1.56 bits per heavy atom. The summed E-state index contributed by atoms with van der Waals surface area (Å²) in [5.74, 6) is 1.06. The lowest BCUT2D eigenvalue weighted by atomic mass is 10.2. The Balaban J connectivity index is 1.49. The summed E-state index contributed by atoms with van der Waals surface area (Å²) in [4.78, 5) is 15.8. The van der Waals surface area contributed by atoms with Crippen molar-refractivity contribution >= 4 is 11.7 Å². The molecule has 126 valence electrons. The SMILES string of the molecule is O=C(NCc1ccc(Oc2ccncc2)cc1)Nc1ccc(F)cc1. The first kappa shape index (κ1) is 16.4. The van der Waals surface area contributed by atoms with Crippen LogP contribution in [0.4, 0.5) is 14.9 Å². The van der Waals surface area contributed by atoms with Crippen molar-refractivity contribution in [2.45, 2.75) is 6.54 Å². The molecule has 2 N–H and O–H groups in total. The molecule has 0 atom stereocenters. The lowest BCUT2D eigenvalue weighted by molar-refractivity contribution is 0.251. The molecule has 25 heavy (non-hydrogen) atoms. The molecule has 3 rings (SSSR count). The lowest BCUT2D eigenvalue weighted by Crippen LogP contribution is -2.28. The number of urea groups is 1. The van der Waals surface area contributed by atoms with Crippen LogP contribution in [0.2, 0.25) is 0 Å². The number of nitrogens with one attached hydrogen (secondary N) is 2. The number of pyridine rings is 1. The molecule has 0 unspecified atom stereocenters. The van der Waals surface area contributed by atoms with E-state index in [1.165, 1.54) is 24.3 Å². The van der Waals surface area contributed by atoms with E-state index in [0.29, 0.717) is 23.7 Å².